The fourth-order valence-electron chi connectivity index (χ4n) is 2.33. The maximum Gasteiger partial charge on any atom is 0.0459 e. The topological polar surface area (TPSA) is 20.2 Å². The van der Waals surface area contributed by atoms with Crippen molar-refractivity contribution in [1.82, 2.24) is 0 Å². The molecule has 0 amide bonds. The van der Waals surface area contributed by atoms with Gasteiger partial charge in [0.05, 0.1) is 0 Å². The molecule has 0 saturated heterocycles. The molecule has 1 aromatic carbocycles. The SMILES string of the molecule is Cc1ccc2c(c1)CC(C(C)CO)C2. The van der Waals surface area contributed by atoms with Crippen molar-refractivity contribution in [1.29, 1.82) is 0 Å². The molecule has 2 unspecified atom stereocenters. The van der Waals surface area contributed by atoms with Crippen LogP contribution >= 0.6 is 0 Å². The van der Waals surface area contributed by atoms with E-state index in [0.717, 1.165) is 12.8 Å². The van der Waals surface area contributed by atoms with Gasteiger partial charge in [-0.15, -0.1) is 0 Å². The number of hydrogen-bond acceptors (Lipinski definition) is 1. The zero-order valence-corrected chi connectivity index (χ0v) is 8.96. The van der Waals surface area contributed by atoms with Crippen LogP contribution < -0.4 is 0 Å². The zero-order chi connectivity index (χ0) is 10.1. The Hall–Kier alpha value is -0.820. The summed E-state index contributed by atoms with van der Waals surface area (Å²) in [7, 11) is 0. The van der Waals surface area contributed by atoms with Crippen LogP contribution in [0, 0.1) is 18.8 Å². The van der Waals surface area contributed by atoms with Crippen LogP contribution in [0.5, 0.6) is 0 Å². The van der Waals surface area contributed by atoms with E-state index in [1.165, 1.54) is 16.7 Å². The monoisotopic (exact) mass is 190 g/mol. The first kappa shape index (κ1) is 9.72. The minimum absolute atomic E-state index is 0.317. The summed E-state index contributed by atoms with van der Waals surface area (Å²) < 4.78 is 0. The number of aliphatic hydroxyl groups excluding tert-OH is 1. The van der Waals surface area contributed by atoms with Crippen molar-refractivity contribution in [2.24, 2.45) is 11.8 Å². The first-order valence-electron chi connectivity index (χ1n) is 5.40. The molecule has 0 fully saturated rings. The molecular weight excluding hydrogens is 172 g/mol. The molecule has 0 aliphatic heterocycles. The van der Waals surface area contributed by atoms with Gasteiger partial charge in [-0.1, -0.05) is 30.7 Å². The van der Waals surface area contributed by atoms with Crippen LogP contribution in [-0.2, 0) is 12.8 Å². The Bertz CT molecular complexity index is 330. The number of benzene rings is 1. The summed E-state index contributed by atoms with van der Waals surface area (Å²) in [5, 5.41) is 9.13. The number of aryl methyl sites for hydroxylation is 1. The van der Waals surface area contributed by atoms with Gasteiger partial charge in [-0.25, -0.2) is 0 Å². The largest absolute Gasteiger partial charge is 0.396 e. The van der Waals surface area contributed by atoms with E-state index in [9.17, 15) is 0 Å². The minimum Gasteiger partial charge on any atom is -0.396 e. The van der Waals surface area contributed by atoms with Crippen LogP contribution in [0.4, 0.5) is 0 Å². The number of hydrogen-bond donors (Lipinski definition) is 1. The lowest BCUT2D eigenvalue weighted by Gasteiger charge is -2.15. The fourth-order valence-corrected chi connectivity index (χ4v) is 2.33. The van der Waals surface area contributed by atoms with Crippen molar-refractivity contribution in [2.45, 2.75) is 26.7 Å². The Labute approximate surface area is 85.8 Å². The van der Waals surface area contributed by atoms with E-state index in [-0.39, 0.29) is 0 Å². The van der Waals surface area contributed by atoms with Gasteiger partial charge < -0.3 is 5.11 Å². The van der Waals surface area contributed by atoms with Gasteiger partial charge >= 0.3 is 0 Å². The molecule has 76 valence electrons. The van der Waals surface area contributed by atoms with E-state index < -0.39 is 0 Å². The van der Waals surface area contributed by atoms with Crippen molar-refractivity contribution in [3.63, 3.8) is 0 Å². The lowest BCUT2D eigenvalue weighted by molar-refractivity contribution is 0.192. The first-order chi connectivity index (χ1) is 6.70. The molecule has 0 aromatic heterocycles. The smallest absolute Gasteiger partial charge is 0.0459 e. The number of rotatable bonds is 2. The molecule has 0 saturated carbocycles. The summed E-state index contributed by atoms with van der Waals surface area (Å²) in [5.41, 5.74) is 4.33. The highest BCUT2D eigenvalue weighted by atomic mass is 16.3. The second-order valence-corrected chi connectivity index (χ2v) is 4.60. The van der Waals surface area contributed by atoms with Gasteiger partial charge in [0.2, 0.25) is 0 Å². The molecule has 1 aromatic rings. The third kappa shape index (κ3) is 1.69. The van der Waals surface area contributed by atoms with Crippen molar-refractivity contribution in [3.8, 4) is 0 Å². The van der Waals surface area contributed by atoms with Crippen molar-refractivity contribution >= 4 is 0 Å². The summed E-state index contributed by atoms with van der Waals surface area (Å²) in [6, 6.07) is 6.72. The fraction of sp³-hybridized carbons (Fsp3) is 0.538. The molecule has 14 heavy (non-hydrogen) atoms. The van der Waals surface area contributed by atoms with Gasteiger partial charge in [0, 0.05) is 6.61 Å². The zero-order valence-electron chi connectivity index (χ0n) is 8.96. The van der Waals surface area contributed by atoms with Gasteiger partial charge in [0.15, 0.2) is 0 Å². The summed E-state index contributed by atoms with van der Waals surface area (Å²) in [6.45, 7) is 4.60. The normalized spacial score (nSPS) is 22.1. The van der Waals surface area contributed by atoms with Gasteiger partial charge in [-0.3, -0.25) is 0 Å². The minimum atomic E-state index is 0.317. The third-order valence-electron chi connectivity index (χ3n) is 3.42. The van der Waals surface area contributed by atoms with Crippen LogP contribution in [-0.4, -0.2) is 11.7 Å². The van der Waals surface area contributed by atoms with E-state index in [0.29, 0.717) is 18.4 Å². The first-order valence-corrected chi connectivity index (χ1v) is 5.40. The molecule has 0 spiro atoms. The molecule has 1 heteroatoms. The quantitative estimate of drug-likeness (QED) is 0.759. The average molecular weight is 190 g/mol. The summed E-state index contributed by atoms with van der Waals surface area (Å²) in [6.07, 6.45) is 2.30. The second kappa shape index (κ2) is 3.74. The highest BCUT2D eigenvalue weighted by molar-refractivity contribution is 5.35. The number of fused-ring (bicyclic) bond motifs is 1. The maximum atomic E-state index is 9.13. The Morgan fingerprint density at radius 2 is 2.07 bits per heavy atom. The van der Waals surface area contributed by atoms with Gasteiger partial charge in [-0.05, 0) is 42.7 Å². The van der Waals surface area contributed by atoms with Gasteiger partial charge in [-0.2, -0.15) is 0 Å². The molecule has 2 rings (SSSR count). The number of aliphatic hydroxyl groups is 1. The van der Waals surface area contributed by atoms with Crippen molar-refractivity contribution in [3.05, 3.63) is 34.9 Å². The molecule has 1 aliphatic carbocycles. The second-order valence-electron chi connectivity index (χ2n) is 4.60. The van der Waals surface area contributed by atoms with Crippen LogP contribution in [0.15, 0.2) is 18.2 Å². The molecule has 2 atom stereocenters. The Balaban J connectivity index is 2.17. The van der Waals surface area contributed by atoms with E-state index in [2.05, 4.69) is 32.0 Å². The van der Waals surface area contributed by atoms with Gasteiger partial charge in [0.25, 0.3) is 0 Å². The predicted molar refractivity (Wildman–Crippen MR) is 58.3 cm³/mol. The third-order valence-corrected chi connectivity index (χ3v) is 3.42. The van der Waals surface area contributed by atoms with Crippen LogP contribution in [0.2, 0.25) is 0 Å². The Morgan fingerprint density at radius 3 is 2.79 bits per heavy atom. The lowest BCUT2D eigenvalue weighted by atomic mass is 9.92. The Morgan fingerprint density at radius 1 is 1.36 bits per heavy atom. The lowest BCUT2D eigenvalue weighted by Crippen LogP contribution is -2.15. The molecule has 0 heterocycles. The summed E-state index contributed by atoms with van der Waals surface area (Å²) >= 11 is 0. The molecule has 1 N–H and O–H groups in total. The maximum absolute atomic E-state index is 9.13. The molecule has 0 bridgehead atoms. The summed E-state index contributed by atoms with van der Waals surface area (Å²) in [4.78, 5) is 0. The van der Waals surface area contributed by atoms with E-state index >= 15 is 0 Å². The van der Waals surface area contributed by atoms with E-state index in [4.69, 9.17) is 5.11 Å². The van der Waals surface area contributed by atoms with Crippen LogP contribution in [0.3, 0.4) is 0 Å². The molecule has 1 aliphatic rings. The van der Waals surface area contributed by atoms with Crippen molar-refractivity contribution in [2.75, 3.05) is 6.61 Å². The van der Waals surface area contributed by atoms with Crippen molar-refractivity contribution < 1.29 is 5.11 Å². The highest BCUT2D eigenvalue weighted by Crippen LogP contribution is 2.31. The standard InChI is InChI=1S/C13H18O/c1-9-3-4-11-6-12(10(2)8-14)7-13(11)5-9/h3-5,10,12,14H,6-8H2,1-2H3. The van der Waals surface area contributed by atoms with Crippen LogP contribution in [0.1, 0.15) is 23.6 Å². The van der Waals surface area contributed by atoms with Crippen LogP contribution in [0.25, 0.3) is 0 Å². The average Bonchev–Trinajstić information content (AvgIpc) is 2.59. The summed E-state index contributed by atoms with van der Waals surface area (Å²) in [5.74, 6) is 1.08. The highest BCUT2D eigenvalue weighted by Gasteiger charge is 2.25. The van der Waals surface area contributed by atoms with E-state index in [1.807, 2.05) is 0 Å². The van der Waals surface area contributed by atoms with E-state index in [1.54, 1.807) is 0 Å². The molecule has 0 radical (unpaired) electrons. The van der Waals surface area contributed by atoms with Gasteiger partial charge in [0.1, 0.15) is 0 Å². The Kier molecular flexibility index (Phi) is 2.60. The predicted octanol–water partition coefficient (Wildman–Crippen LogP) is 2.34. The molecule has 1 nitrogen and oxygen atoms in total. The molecular formula is C13H18O.